The van der Waals surface area contributed by atoms with Gasteiger partial charge in [-0.1, -0.05) is 6.92 Å². The predicted molar refractivity (Wildman–Crippen MR) is 77.8 cm³/mol. The molecule has 1 heterocycles. The zero-order valence-corrected chi connectivity index (χ0v) is 12.7. The highest BCUT2D eigenvalue weighted by Gasteiger charge is 2.22. The third kappa shape index (κ3) is 6.20. The number of ether oxygens (including phenoxy) is 2. The molecule has 0 aromatic carbocycles. The van der Waals surface area contributed by atoms with E-state index < -0.39 is 6.29 Å². The Kier molecular flexibility index (Phi) is 8.86. The summed E-state index contributed by atoms with van der Waals surface area (Å²) in [6, 6.07) is 0. The van der Waals surface area contributed by atoms with Crippen LogP contribution in [0.15, 0.2) is 12.2 Å². The van der Waals surface area contributed by atoms with Gasteiger partial charge in [0.25, 0.3) is 11.8 Å². The number of nitrogens with zero attached hydrogens (tertiary/aromatic N) is 1. The number of nitrogens with one attached hydrogen (secondary N) is 1. The van der Waals surface area contributed by atoms with Gasteiger partial charge in [-0.05, 0) is 6.42 Å². The van der Waals surface area contributed by atoms with Crippen LogP contribution in [0.2, 0.25) is 0 Å². The summed E-state index contributed by atoms with van der Waals surface area (Å²) in [6.07, 6.45) is 2.00. The van der Waals surface area contributed by atoms with Crippen LogP contribution in [0.1, 0.15) is 13.3 Å². The van der Waals surface area contributed by atoms with Crippen LogP contribution < -0.4 is 5.32 Å². The summed E-state index contributed by atoms with van der Waals surface area (Å²) in [5, 5.41) is 21.2. The molecule has 22 heavy (non-hydrogen) atoms. The summed E-state index contributed by atoms with van der Waals surface area (Å²) in [7, 11) is 0. The standard InChI is InChI=1S/C14H24N2O6/c1-2-11(9-17)22-14(10-18)21-8-6-15-5-7-16-12(19)3-4-13(16)20/h3-4,11,14-15,17-18H,2,5-10H2,1H3. The van der Waals surface area contributed by atoms with Gasteiger partial charge in [0.05, 0.1) is 25.9 Å². The number of carbonyl (C=O) groups is 2. The number of rotatable bonds is 12. The zero-order chi connectivity index (χ0) is 16.4. The van der Waals surface area contributed by atoms with Gasteiger partial charge in [0.2, 0.25) is 0 Å². The maximum Gasteiger partial charge on any atom is 0.253 e. The van der Waals surface area contributed by atoms with Gasteiger partial charge in [0.15, 0.2) is 6.29 Å². The molecule has 8 nitrogen and oxygen atoms in total. The number of aliphatic hydroxyl groups excluding tert-OH is 2. The molecule has 2 amide bonds. The van der Waals surface area contributed by atoms with Gasteiger partial charge < -0.3 is 25.0 Å². The van der Waals surface area contributed by atoms with E-state index in [0.29, 0.717) is 32.7 Å². The van der Waals surface area contributed by atoms with E-state index in [1.165, 1.54) is 12.2 Å². The Morgan fingerprint density at radius 2 is 1.86 bits per heavy atom. The van der Waals surface area contributed by atoms with Crippen molar-refractivity contribution >= 4 is 11.8 Å². The molecule has 2 unspecified atom stereocenters. The van der Waals surface area contributed by atoms with Crippen LogP contribution in [-0.4, -0.2) is 78.8 Å². The van der Waals surface area contributed by atoms with Gasteiger partial charge in [-0.2, -0.15) is 0 Å². The summed E-state index contributed by atoms with van der Waals surface area (Å²) in [6.45, 7) is 2.99. The molecule has 8 heteroatoms. The molecule has 1 aliphatic heterocycles. The van der Waals surface area contributed by atoms with Crippen LogP contribution in [0.25, 0.3) is 0 Å². The summed E-state index contributed by atoms with van der Waals surface area (Å²) in [4.78, 5) is 23.7. The number of imide groups is 1. The number of hydrogen-bond donors (Lipinski definition) is 3. The first-order chi connectivity index (χ1) is 10.6. The number of hydrogen-bond acceptors (Lipinski definition) is 7. The average molecular weight is 316 g/mol. The van der Waals surface area contributed by atoms with Crippen LogP contribution in [0.3, 0.4) is 0 Å². The van der Waals surface area contributed by atoms with Crippen molar-refractivity contribution in [3.8, 4) is 0 Å². The second kappa shape index (κ2) is 10.4. The fraction of sp³-hybridized carbons (Fsp3) is 0.714. The normalized spacial score (nSPS) is 17.3. The lowest BCUT2D eigenvalue weighted by Gasteiger charge is -2.21. The lowest BCUT2D eigenvalue weighted by atomic mass is 10.3. The monoisotopic (exact) mass is 316 g/mol. The molecule has 3 N–H and O–H groups in total. The summed E-state index contributed by atoms with van der Waals surface area (Å²) >= 11 is 0. The molecule has 0 aromatic rings. The number of carbonyl (C=O) groups excluding carboxylic acids is 2. The van der Waals surface area contributed by atoms with Crippen molar-refractivity contribution < 1.29 is 29.3 Å². The third-order valence-corrected chi connectivity index (χ3v) is 3.15. The van der Waals surface area contributed by atoms with Crippen molar-refractivity contribution in [3.63, 3.8) is 0 Å². The van der Waals surface area contributed by atoms with Gasteiger partial charge in [-0.15, -0.1) is 0 Å². The zero-order valence-electron chi connectivity index (χ0n) is 12.7. The summed E-state index contributed by atoms with van der Waals surface area (Å²) < 4.78 is 10.7. The Morgan fingerprint density at radius 1 is 1.18 bits per heavy atom. The highest BCUT2D eigenvalue weighted by molar-refractivity contribution is 6.12. The van der Waals surface area contributed by atoms with Crippen LogP contribution >= 0.6 is 0 Å². The molecule has 1 rings (SSSR count). The molecule has 1 aliphatic rings. The molecule has 0 saturated heterocycles. The van der Waals surface area contributed by atoms with Crippen molar-refractivity contribution in [2.45, 2.75) is 25.7 Å². The second-order valence-electron chi connectivity index (χ2n) is 4.74. The Balaban J connectivity index is 2.09. The first-order valence-electron chi connectivity index (χ1n) is 7.35. The van der Waals surface area contributed by atoms with E-state index >= 15 is 0 Å². The molecule has 2 atom stereocenters. The van der Waals surface area contributed by atoms with E-state index in [9.17, 15) is 9.59 Å². The largest absolute Gasteiger partial charge is 0.394 e. The SMILES string of the molecule is CCC(CO)OC(CO)OCCNCCN1C(=O)C=CC1=O. The van der Waals surface area contributed by atoms with E-state index in [0.717, 1.165) is 4.90 Å². The fourth-order valence-electron chi connectivity index (χ4n) is 1.85. The minimum Gasteiger partial charge on any atom is -0.394 e. The number of aliphatic hydroxyl groups is 2. The molecule has 0 bridgehead atoms. The highest BCUT2D eigenvalue weighted by Crippen LogP contribution is 2.04. The molecule has 0 fully saturated rings. The molecule has 0 aliphatic carbocycles. The van der Waals surface area contributed by atoms with E-state index in [-0.39, 0.29) is 31.1 Å². The molecular weight excluding hydrogens is 292 g/mol. The Labute approximate surface area is 129 Å². The lowest BCUT2D eigenvalue weighted by Crippen LogP contribution is -2.37. The van der Waals surface area contributed by atoms with E-state index in [2.05, 4.69) is 5.32 Å². The van der Waals surface area contributed by atoms with Crippen LogP contribution in [0.5, 0.6) is 0 Å². The summed E-state index contributed by atoms with van der Waals surface area (Å²) in [5.41, 5.74) is 0. The smallest absolute Gasteiger partial charge is 0.253 e. The lowest BCUT2D eigenvalue weighted by molar-refractivity contribution is -0.194. The van der Waals surface area contributed by atoms with Crippen molar-refractivity contribution in [3.05, 3.63) is 12.2 Å². The molecular formula is C14H24N2O6. The van der Waals surface area contributed by atoms with Gasteiger partial charge in [0.1, 0.15) is 0 Å². The molecule has 0 spiro atoms. The van der Waals surface area contributed by atoms with Crippen molar-refractivity contribution in [1.82, 2.24) is 10.2 Å². The molecule has 0 radical (unpaired) electrons. The van der Waals surface area contributed by atoms with Crippen LogP contribution in [0, 0.1) is 0 Å². The van der Waals surface area contributed by atoms with Crippen molar-refractivity contribution in [1.29, 1.82) is 0 Å². The minimum atomic E-state index is -0.773. The minimum absolute atomic E-state index is 0.124. The van der Waals surface area contributed by atoms with Gasteiger partial charge >= 0.3 is 0 Å². The van der Waals surface area contributed by atoms with Crippen molar-refractivity contribution in [2.24, 2.45) is 0 Å². The fourth-order valence-corrected chi connectivity index (χ4v) is 1.85. The van der Waals surface area contributed by atoms with E-state index in [1.807, 2.05) is 6.92 Å². The topological polar surface area (TPSA) is 108 Å². The van der Waals surface area contributed by atoms with Gasteiger partial charge in [-0.3, -0.25) is 14.5 Å². The Morgan fingerprint density at radius 3 is 2.41 bits per heavy atom. The van der Waals surface area contributed by atoms with Gasteiger partial charge in [-0.25, -0.2) is 0 Å². The van der Waals surface area contributed by atoms with Crippen molar-refractivity contribution in [2.75, 3.05) is 39.5 Å². The van der Waals surface area contributed by atoms with Crippen LogP contribution in [-0.2, 0) is 19.1 Å². The second-order valence-corrected chi connectivity index (χ2v) is 4.74. The predicted octanol–water partition coefficient (Wildman–Crippen LogP) is -1.38. The highest BCUT2D eigenvalue weighted by atomic mass is 16.7. The first-order valence-corrected chi connectivity index (χ1v) is 7.35. The molecule has 126 valence electrons. The Bertz CT molecular complexity index is 366. The summed E-state index contributed by atoms with van der Waals surface area (Å²) in [5.74, 6) is -0.599. The van der Waals surface area contributed by atoms with Crippen LogP contribution in [0.4, 0.5) is 0 Å². The quantitative estimate of drug-likeness (QED) is 0.231. The first kappa shape index (κ1) is 18.7. The average Bonchev–Trinajstić information content (AvgIpc) is 2.85. The third-order valence-electron chi connectivity index (χ3n) is 3.15. The van der Waals surface area contributed by atoms with E-state index in [4.69, 9.17) is 19.7 Å². The number of amides is 2. The maximum atomic E-state index is 11.3. The Hall–Kier alpha value is -1.32. The van der Waals surface area contributed by atoms with Gasteiger partial charge in [0, 0.05) is 31.8 Å². The maximum absolute atomic E-state index is 11.3. The molecule has 0 saturated carbocycles. The van der Waals surface area contributed by atoms with E-state index in [1.54, 1.807) is 0 Å². The molecule has 0 aromatic heterocycles.